The van der Waals surface area contributed by atoms with Crippen LogP contribution < -0.4 is 5.32 Å². The van der Waals surface area contributed by atoms with Gasteiger partial charge < -0.3 is 10.2 Å². The number of hydrogen-bond acceptors (Lipinski definition) is 5. The van der Waals surface area contributed by atoms with Crippen LogP contribution >= 0.6 is 11.3 Å². The van der Waals surface area contributed by atoms with Crippen molar-refractivity contribution in [3.05, 3.63) is 51.2 Å². The number of rotatable bonds is 6. The monoisotopic (exact) mass is 434 g/mol. The molecular formula is C21H26N2O4S2. The molecule has 0 bridgehead atoms. The Bertz CT molecular complexity index is 1030. The van der Waals surface area contributed by atoms with Crippen LogP contribution in [0.3, 0.4) is 0 Å². The van der Waals surface area contributed by atoms with E-state index < -0.39 is 21.8 Å². The van der Waals surface area contributed by atoms with Gasteiger partial charge >= 0.3 is 0 Å². The zero-order chi connectivity index (χ0) is 21.2. The highest BCUT2D eigenvalue weighted by atomic mass is 32.2. The minimum Gasteiger partial charge on any atom is -0.340 e. The van der Waals surface area contributed by atoms with Crippen LogP contribution in [0.5, 0.6) is 0 Å². The molecule has 8 heteroatoms. The normalized spacial score (nSPS) is 14.9. The SMILES string of the molecule is CCCC(NC(=O)c1cc(S(C)(=O)=O)ccc1C)C(=O)N1CCc2sccc2C1. The molecule has 0 spiro atoms. The first-order chi connectivity index (χ1) is 13.7. The summed E-state index contributed by atoms with van der Waals surface area (Å²) < 4.78 is 23.7. The van der Waals surface area contributed by atoms with E-state index in [2.05, 4.69) is 5.32 Å². The average Bonchev–Trinajstić information content (AvgIpc) is 3.14. The van der Waals surface area contributed by atoms with Gasteiger partial charge in [-0.2, -0.15) is 0 Å². The molecule has 6 nitrogen and oxygen atoms in total. The summed E-state index contributed by atoms with van der Waals surface area (Å²) in [5.74, 6) is -0.512. The first kappa shape index (κ1) is 21.5. The van der Waals surface area contributed by atoms with Gasteiger partial charge in [-0.25, -0.2) is 8.42 Å². The lowest BCUT2D eigenvalue weighted by molar-refractivity contribution is -0.134. The van der Waals surface area contributed by atoms with E-state index in [1.54, 1.807) is 29.2 Å². The van der Waals surface area contributed by atoms with E-state index in [0.717, 1.165) is 19.1 Å². The van der Waals surface area contributed by atoms with E-state index in [0.29, 0.717) is 25.1 Å². The van der Waals surface area contributed by atoms with Crippen LogP contribution in [0.25, 0.3) is 0 Å². The van der Waals surface area contributed by atoms with E-state index >= 15 is 0 Å². The number of benzene rings is 1. The number of sulfone groups is 1. The molecule has 1 N–H and O–H groups in total. The minimum atomic E-state index is -3.42. The Balaban J connectivity index is 1.78. The van der Waals surface area contributed by atoms with Crippen molar-refractivity contribution in [2.45, 2.75) is 50.6 Å². The Hall–Kier alpha value is -2.19. The van der Waals surface area contributed by atoms with Crippen LogP contribution in [0.2, 0.25) is 0 Å². The van der Waals surface area contributed by atoms with E-state index in [-0.39, 0.29) is 16.4 Å². The molecule has 1 aliphatic heterocycles. The highest BCUT2D eigenvalue weighted by molar-refractivity contribution is 7.90. The molecule has 2 aromatic rings. The van der Waals surface area contributed by atoms with Gasteiger partial charge in [-0.05, 0) is 54.5 Å². The topological polar surface area (TPSA) is 83.5 Å². The maximum atomic E-state index is 13.1. The van der Waals surface area contributed by atoms with Crippen molar-refractivity contribution in [1.29, 1.82) is 0 Å². The van der Waals surface area contributed by atoms with Gasteiger partial charge in [0.2, 0.25) is 5.91 Å². The van der Waals surface area contributed by atoms with Gasteiger partial charge in [0, 0.05) is 29.8 Å². The van der Waals surface area contributed by atoms with Gasteiger partial charge in [-0.1, -0.05) is 19.4 Å². The standard InChI is InChI=1S/C21H26N2O4S2/c1-4-5-18(21(25)23-10-8-19-15(13-23)9-11-28-19)22-20(24)17-12-16(29(3,26)27)7-6-14(17)2/h6-7,9,11-12,18H,4-5,8,10,13H2,1-3H3,(H,22,24). The Morgan fingerprint density at radius 2 is 2.03 bits per heavy atom. The third-order valence-corrected chi connectivity index (χ3v) is 7.32. The maximum absolute atomic E-state index is 13.1. The Morgan fingerprint density at radius 1 is 1.28 bits per heavy atom. The summed E-state index contributed by atoms with van der Waals surface area (Å²) in [6, 6.07) is 5.90. The van der Waals surface area contributed by atoms with Gasteiger partial charge in [0.25, 0.3) is 5.91 Å². The summed E-state index contributed by atoms with van der Waals surface area (Å²) in [7, 11) is -3.42. The molecule has 1 aromatic carbocycles. The molecule has 1 aromatic heterocycles. The number of carbonyl (C=O) groups is 2. The van der Waals surface area contributed by atoms with Crippen LogP contribution in [-0.2, 0) is 27.6 Å². The van der Waals surface area contributed by atoms with Crippen LogP contribution in [0.4, 0.5) is 0 Å². The highest BCUT2D eigenvalue weighted by Crippen LogP contribution is 2.25. The van der Waals surface area contributed by atoms with Gasteiger partial charge in [0.05, 0.1) is 4.90 Å². The second kappa shape index (κ2) is 8.67. The third kappa shape index (κ3) is 4.87. The number of nitrogens with zero attached hydrogens (tertiary/aromatic N) is 1. The van der Waals surface area contributed by atoms with Crippen molar-refractivity contribution in [2.75, 3.05) is 12.8 Å². The largest absolute Gasteiger partial charge is 0.340 e. The zero-order valence-corrected chi connectivity index (χ0v) is 18.5. The van der Waals surface area contributed by atoms with Crippen molar-refractivity contribution in [3.8, 4) is 0 Å². The van der Waals surface area contributed by atoms with Gasteiger partial charge in [0.15, 0.2) is 9.84 Å². The fourth-order valence-corrected chi connectivity index (χ4v) is 5.05. The molecule has 1 atom stereocenters. The molecule has 0 radical (unpaired) electrons. The van der Waals surface area contributed by atoms with Crippen molar-refractivity contribution < 1.29 is 18.0 Å². The first-order valence-electron chi connectivity index (χ1n) is 9.66. The molecule has 2 heterocycles. The lowest BCUT2D eigenvalue weighted by Crippen LogP contribution is -2.49. The maximum Gasteiger partial charge on any atom is 0.252 e. The summed E-state index contributed by atoms with van der Waals surface area (Å²) in [4.78, 5) is 29.2. The van der Waals surface area contributed by atoms with Crippen LogP contribution in [0.1, 0.15) is 46.1 Å². The third-order valence-electron chi connectivity index (χ3n) is 5.18. The molecule has 0 saturated heterocycles. The molecule has 0 fully saturated rings. The predicted octanol–water partition coefficient (Wildman–Crippen LogP) is 2.94. The van der Waals surface area contributed by atoms with Crippen molar-refractivity contribution >= 4 is 33.0 Å². The number of hydrogen-bond donors (Lipinski definition) is 1. The predicted molar refractivity (Wildman–Crippen MR) is 114 cm³/mol. The van der Waals surface area contributed by atoms with Crippen molar-refractivity contribution in [2.24, 2.45) is 0 Å². The lowest BCUT2D eigenvalue weighted by atomic mass is 10.0. The van der Waals surface area contributed by atoms with Crippen LogP contribution in [0, 0.1) is 6.92 Å². The fourth-order valence-electron chi connectivity index (χ4n) is 3.52. The number of thiophene rings is 1. The number of carbonyl (C=O) groups excluding carboxylic acids is 2. The Labute approximate surface area is 175 Å². The number of nitrogens with one attached hydrogen (secondary N) is 1. The van der Waals surface area contributed by atoms with E-state index in [1.165, 1.54) is 22.6 Å². The summed E-state index contributed by atoms with van der Waals surface area (Å²) in [5, 5.41) is 4.89. The molecule has 2 amide bonds. The van der Waals surface area contributed by atoms with Crippen LogP contribution in [0.15, 0.2) is 34.5 Å². The van der Waals surface area contributed by atoms with E-state index in [4.69, 9.17) is 0 Å². The molecule has 1 aliphatic rings. The number of fused-ring (bicyclic) bond motifs is 1. The van der Waals surface area contributed by atoms with Gasteiger partial charge in [0.1, 0.15) is 6.04 Å². The lowest BCUT2D eigenvalue weighted by Gasteiger charge is -2.31. The first-order valence-corrected chi connectivity index (χ1v) is 12.4. The van der Waals surface area contributed by atoms with Gasteiger partial charge in [-0.3, -0.25) is 9.59 Å². The van der Waals surface area contributed by atoms with Crippen molar-refractivity contribution in [3.63, 3.8) is 0 Å². The Kier molecular flexibility index (Phi) is 6.43. The molecule has 0 aliphatic carbocycles. The molecule has 0 saturated carbocycles. The smallest absolute Gasteiger partial charge is 0.252 e. The summed E-state index contributed by atoms with van der Waals surface area (Å²) in [5.41, 5.74) is 2.12. The second-order valence-corrected chi connectivity index (χ2v) is 10.5. The summed E-state index contributed by atoms with van der Waals surface area (Å²) in [6.45, 7) is 4.93. The minimum absolute atomic E-state index is 0.0889. The second-order valence-electron chi connectivity index (χ2n) is 7.44. The molecule has 29 heavy (non-hydrogen) atoms. The number of aryl methyl sites for hydroxylation is 1. The van der Waals surface area contributed by atoms with Crippen LogP contribution in [-0.4, -0.2) is 44.0 Å². The molecule has 156 valence electrons. The average molecular weight is 435 g/mol. The van der Waals surface area contributed by atoms with E-state index in [1.807, 2.05) is 18.4 Å². The Morgan fingerprint density at radius 3 is 2.72 bits per heavy atom. The van der Waals surface area contributed by atoms with Crippen molar-refractivity contribution in [1.82, 2.24) is 10.2 Å². The quantitative estimate of drug-likeness (QED) is 0.758. The number of amides is 2. The summed E-state index contributed by atoms with van der Waals surface area (Å²) in [6.07, 6.45) is 3.22. The van der Waals surface area contributed by atoms with E-state index in [9.17, 15) is 18.0 Å². The highest BCUT2D eigenvalue weighted by Gasteiger charge is 2.29. The molecule has 1 unspecified atom stereocenters. The fraction of sp³-hybridized carbons (Fsp3) is 0.429. The zero-order valence-electron chi connectivity index (χ0n) is 16.9. The summed E-state index contributed by atoms with van der Waals surface area (Å²) >= 11 is 1.71. The molecular weight excluding hydrogens is 408 g/mol. The molecule has 3 rings (SSSR count). The van der Waals surface area contributed by atoms with Gasteiger partial charge in [-0.15, -0.1) is 11.3 Å².